The number of hydrogen-bond acceptors (Lipinski definition) is 2. The second-order valence-corrected chi connectivity index (χ2v) is 4.10. The summed E-state index contributed by atoms with van der Waals surface area (Å²) in [5, 5.41) is 10.6. The average Bonchev–Trinajstić information content (AvgIpc) is 2.40. The molecule has 0 aromatic heterocycles. The highest BCUT2D eigenvalue weighted by Crippen LogP contribution is 2.21. The van der Waals surface area contributed by atoms with Crippen molar-refractivity contribution in [3.63, 3.8) is 0 Å². The van der Waals surface area contributed by atoms with E-state index in [0.29, 0.717) is 0 Å². The summed E-state index contributed by atoms with van der Waals surface area (Å²) in [4.78, 5) is 0. The largest absolute Gasteiger partial charge is 0.385 e. The molecule has 92 valence electrons. The molecule has 18 heavy (non-hydrogen) atoms. The summed E-state index contributed by atoms with van der Waals surface area (Å²) in [7, 11) is 0. The first kappa shape index (κ1) is 12.2. The van der Waals surface area contributed by atoms with Crippen molar-refractivity contribution in [3.05, 3.63) is 54.1 Å². The van der Waals surface area contributed by atoms with E-state index in [1.165, 1.54) is 0 Å². The molecule has 0 aliphatic heterocycles. The predicted molar refractivity (Wildman–Crippen MR) is 77.1 cm³/mol. The van der Waals surface area contributed by atoms with Crippen LogP contribution >= 0.6 is 0 Å². The summed E-state index contributed by atoms with van der Waals surface area (Å²) in [6, 6.07) is 16.0. The molecule has 0 saturated carbocycles. The van der Waals surface area contributed by atoms with E-state index >= 15 is 0 Å². The van der Waals surface area contributed by atoms with E-state index in [1.807, 2.05) is 24.3 Å². The number of anilines is 1. The van der Waals surface area contributed by atoms with Gasteiger partial charge in [0, 0.05) is 17.8 Å². The normalized spacial score (nSPS) is 10.1. The molecule has 0 aliphatic carbocycles. The van der Waals surface area contributed by atoms with Crippen molar-refractivity contribution in [2.75, 3.05) is 11.9 Å². The van der Waals surface area contributed by atoms with Gasteiger partial charge in [-0.3, -0.25) is 5.41 Å². The van der Waals surface area contributed by atoms with Gasteiger partial charge in [0.2, 0.25) is 0 Å². The summed E-state index contributed by atoms with van der Waals surface area (Å²) in [5.74, 6) is 0.101. The third kappa shape index (κ3) is 2.69. The van der Waals surface area contributed by atoms with Gasteiger partial charge in [0.1, 0.15) is 5.84 Å². The van der Waals surface area contributed by atoms with Crippen molar-refractivity contribution < 1.29 is 0 Å². The van der Waals surface area contributed by atoms with Gasteiger partial charge in [0.05, 0.1) is 0 Å². The van der Waals surface area contributed by atoms with Crippen LogP contribution in [0.2, 0.25) is 0 Å². The number of hydrogen-bond donors (Lipinski definition) is 3. The van der Waals surface area contributed by atoms with Gasteiger partial charge >= 0.3 is 0 Å². The number of nitrogen functional groups attached to an aromatic ring is 1. The Kier molecular flexibility index (Phi) is 3.63. The molecule has 0 saturated heterocycles. The van der Waals surface area contributed by atoms with Crippen molar-refractivity contribution in [1.82, 2.24) is 0 Å². The molecule has 0 spiro atoms. The molecule has 0 unspecified atom stereocenters. The maximum atomic E-state index is 7.35. The van der Waals surface area contributed by atoms with Gasteiger partial charge in [-0.05, 0) is 30.2 Å². The summed E-state index contributed by atoms with van der Waals surface area (Å²) < 4.78 is 0. The smallest absolute Gasteiger partial charge is 0.122 e. The summed E-state index contributed by atoms with van der Waals surface area (Å²) in [6.45, 7) is 3.00. The van der Waals surface area contributed by atoms with Crippen LogP contribution in [-0.2, 0) is 0 Å². The molecule has 4 N–H and O–H groups in total. The first-order valence-electron chi connectivity index (χ1n) is 5.99. The number of rotatable bonds is 4. The van der Waals surface area contributed by atoms with Crippen molar-refractivity contribution in [1.29, 1.82) is 5.41 Å². The third-order valence-electron chi connectivity index (χ3n) is 2.80. The Bertz CT molecular complexity index is 527. The fourth-order valence-corrected chi connectivity index (χ4v) is 1.83. The lowest BCUT2D eigenvalue weighted by molar-refractivity contribution is 1.21. The molecule has 2 aromatic carbocycles. The highest BCUT2D eigenvalue weighted by molar-refractivity contribution is 5.95. The lowest BCUT2D eigenvalue weighted by atomic mass is 10.0. The molecule has 2 rings (SSSR count). The fourth-order valence-electron chi connectivity index (χ4n) is 1.83. The Morgan fingerprint density at radius 1 is 1.00 bits per heavy atom. The molecule has 0 atom stereocenters. The van der Waals surface area contributed by atoms with E-state index in [-0.39, 0.29) is 5.84 Å². The second-order valence-electron chi connectivity index (χ2n) is 4.10. The lowest BCUT2D eigenvalue weighted by Gasteiger charge is -2.06. The van der Waals surface area contributed by atoms with Gasteiger partial charge in [0.25, 0.3) is 0 Å². The van der Waals surface area contributed by atoms with E-state index in [4.69, 9.17) is 11.1 Å². The standard InChI is InChI=1S/C15H17N3/c1-2-18-14-9-7-12(8-10-14)11-3-5-13(6-4-11)15(16)17/h3-10,18H,2H2,1H3,(H3,16,17). The zero-order chi connectivity index (χ0) is 13.0. The van der Waals surface area contributed by atoms with Crippen molar-refractivity contribution in [2.45, 2.75) is 6.92 Å². The SMILES string of the molecule is CCNc1ccc(-c2ccc(C(=N)N)cc2)cc1. The summed E-state index contributed by atoms with van der Waals surface area (Å²) >= 11 is 0. The van der Waals surface area contributed by atoms with E-state index in [9.17, 15) is 0 Å². The van der Waals surface area contributed by atoms with Gasteiger partial charge in [-0.2, -0.15) is 0 Å². The highest BCUT2D eigenvalue weighted by Gasteiger charge is 2.00. The fraction of sp³-hybridized carbons (Fsp3) is 0.133. The Labute approximate surface area is 107 Å². The van der Waals surface area contributed by atoms with Crippen molar-refractivity contribution >= 4 is 11.5 Å². The Hall–Kier alpha value is -2.29. The lowest BCUT2D eigenvalue weighted by Crippen LogP contribution is -2.10. The molecule has 0 heterocycles. The van der Waals surface area contributed by atoms with Crippen LogP contribution in [0.25, 0.3) is 11.1 Å². The van der Waals surface area contributed by atoms with E-state index in [2.05, 4.69) is 36.5 Å². The van der Waals surface area contributed by atoms with Crippen LogP contribution in [0.3, 0.4) is 0 Å². The third-order valence-corrected chi connectivity index (χ3v) is 2.80. The van der Waals surface area contributed by atoms with Crippen molar-refractivity contribution in [2.24, 2.45) is 5.73 Å². The molecule has 0 radical (unpaired) electrons. The molecule has 2 aromatic rings. The molecule has 0 aliphatic rings. The zero-order valence-corrected chi connectivity index (χ0v) is 10.4. The monoisotopic (exact) mass is 239 g/mol. The van der Waals surface area contributed by atoms with Gasteiger partial charge in [0.15, 0.2) is 0 Å². The van der Waals surface area contributed by atoms with Crippen LogP contribution in [0.4, 0.5) is 5.69 Å². The average molecular weight is 239 g/mol. The maximum Gasteiger partial charge on any atom is 0.122 e. The van der Waals surface area contributed by atoms with E-state index < -0.39 is 0 Å². The second kappa shape index (κ2) is 5.36. The van der Waals surface area contributed by atoms with Crippen LogP contribution in [0, 0.1) is 5.41 Å². The molecule has 3 nitrogen and oxygen atoms in total. The highest BCUT2D eigenvalue weighted by atomic mass is 14.8. The minimum absolute atomic E-state index is 0.101. The number of nitrogens with two attached hydrogens (primary N) is 1. The molecule has 0 fully saturated rings. The van der Waals surface area contributed by atoms with Crippen LogP contribution in [0.15, 0.2) is 48.5 Å². The summed E-state index contributed by atoms with van der Waals surface area (Å²) in [5.41, 5.74) is 9.60. The molecular formula is C15H17N3. The summed E-state index contributed by atoms with van der Waals surface area (Å²) in [6.07, 6.45) is 0. The van der Waals surface area contributed by atoms with Gasteiger partial charge in [-0.1, -0.05) is 36.4 Å². The topological polar surface area (TPSA) is 61.9 Å². The van der Waals surface area contributed by atoms with Crippen LogP contribution < -0.4 is 11.1 Å². The minimum Gasteiger partial charge on any atom is -0.385 e. The predicted octanol–water partition coefficient (Wildman–Crippen LogP) is 3.07. The number of nitrogens with one attached hydrogen (secondary N) is 2. The molecular weight excluding hydrogens is 222 g/mol. The molecule has 3 heteroatoms. The number of benzene rings is 2. The Morgan fingerprint density at radius 2 is 1.50 bits per heavy atom. The number of amidine groups is 1. The Morgan fingerprint density at radius 3 is 1.94 bits per heavy atom. The quantitative estimate of drug-likeness (QED) is 0.567. The van der Waals surface area contributed by atoms with E-state index in [0.717, 1.165) is 28.9 Å². The zero-order valence-electron chi connectivity index (χ0n) is 10.4. The minimum atomic E-state index is 0.101. The van der Waals surface area contributed by atoms with Gasteiger partial charge < -0.3 is 11.1 Å². The van der Waals surface area contributed by atoms with Gasteiger partial charge in [-0.25, -0.2) is 0 Å². The molecule has 0 amide bonds. The maximum absolute atomic E-state index is 7.35. The molecule has 0 bridgehead atoms. The first-order valence-corrected chi connectivity index (χ1v) is 5.99. The Balaban J connectivity index is 2.23. The van der Waals surface area contributed by atoms with Crippen LogP contribution in [0.1, 0.15) is 12.5 Å². The first-order chi connectivity index (χ1) is 8.70. The van der Waals surface area contributed by atoms with Gasteiger partial charge in [-0.15, -0.1) is 0 Å². The van der Waals surface area contributed by atoms with E-state index in [1.54, 1.807) is 0 Å². The van der Waals surface area contributed by atoms with Crippen molar-refractivity contribution in [3.8, 4) is 11.1 Å². The van der Waals surface area contributed by atoms with Crippen LogP contribution in [-0.4, -0.2) is 12.4 Å². The van der Waals surface area contributed by atoms with Crippen LogP contribution in [0.5, 0.6) is 0 Å².